The Bertz CT molecular complexity index is 484. The molecule has 4 heteroatoms. The number of nitrogens with zero attached hydrogens (tertiary/aromatic N) is 1. The molecule has 1 unspecified atom stereocenters. The van der Waals surface area contributed by atoms with Gasteiger partial charge in [-0.25, -0.2) is 0 Å². The summed E-state index contributed by atoms with van der Waals surface area (Å²) in [6, 6.07) is 8.94. The Balaban J connectivity index is 0.00000176. The van der Waals surface area contributed by atoms with Gasteiger partial charge in [0.1, 0.15) is 0 Å². The molecule has 0 bridgehead atoms. The van der Waals surface area contributed by atoms with Crippen molar-refractivity contribution in [1.82, 2.24) is 10.2 Å². The fourth-order valence-electron chi connectivity index (χ4n) is 3.17. The predicted octanol–water partition coefficient (Wildman–Crippen LogP) is 3.47. The molecule has 2 fully saturated rings. The van der Waals surface area contributed by atoms with Crippen LogP contribution >= 0.6 is 12.4 Å². The van der Waals surface area contributed by atoms with Gasteiger partial charge in [0.15, 0.2) is 0 Å². The average molecular weight is 323 g/mol. The fourth-order valence-corrected chi connectivity index (χ4v) is 3.17. The molecule has 0 spiro atoms. The summed E-state index contributed by atoms with van der Waals surface area (Å²) in [4.78, 5) is 14.6. The molecule has 3 rings (SSSR count). The Kier molecular flexibility index (Phi) is 6.27. The van der Waals surface area contributed by atoms with E-state index in [1.165, 1.54) is 30.4 Å². The molecule has 2 aliphatic rings. The second-order valence-corrected chi connectivity index (χ2v) is 6.58. The van der Waals surface area contributed by atoms with Crippen LogP contribution in [0.3, 0.4) is 0 Å². The van der Waals surface area contributed by atoms with Gasteiger partial charge in [-0.05, 0) is 57.1 Å². The van der Waals surface area contributed by atoms with Crippen LogP contribution in [0.2, 0.25) is 0 Å². The summed E-state index contributed by atoms with van der Waals surface area (Å²) in [5.41, 5.74) is 2.56. The minimum Gasteiger partial charge on any atom is -0.335 e. The van der Waals surface area contributed by atoms with Crippen molar-refractivity contribution in [2.45, 2.75) is 45.1 Å². The van der Waals surface area contributed by atoms with E-state index < -0.39 is 0 Å². The van der Waals surface area contributed by atoms with Gasteiger partial charge in [0.2, 0.25) is 5.91 Å². The molecule has 1 saturated heterocycles. The lowest BCUT2D eigenvalue weighted by atomic mass is 9.94. The van der Waals surface area contributed by atoms with Gasteiger partial charge in [-0.2, -0.15) is 0 Å². The number of aryl methyl sites for hydroxylation is 1. The van der Waals surface area contributed by atoms with Crippen molar-refractivity contribution in [2.75, 3.05) is 19.6 Å². The molecule has 1 amide bonds. The van der Waals surface area contributed by atoms with Crippen LogP contribution in [0.1, 0.15) is 49.3 Å². The Morgan fingerprint density at radius 2 is 1.91 bits per heavy atom. The molecular weight excluding hydrogens is 296 g/mol. The monoisotopic (exact) mass is 322 g/mol. The molecule has 1 N–H and O–H groups in total. The molecule has 1 heterocycles. The van der Waals surface area contributed by atoms with Crippen LogP contribution in [0.5, 0.6) is 0 Å². The number of benzene rings is 1. The maximum Gasteiger partial charge on any atom is 0.237 e. The van der Waals surface area contributed by atoms with Crippen molar-refractivity contribution in [2.24, 2.45) is 5.92 Å². The molecule has 0 aromatic heterocycles. The Morgan fingerprint density at radius 3 is 2.59 bits per heavy atom. The van der Waals surface area contributed by atoms with Crippen LogP contribution in [-0.4, -0.2) is 30.4 Å². The molecule has 1 aromatic carbocycles. The van der Waals surface area contributed by atoms with Crippen molar-refractivity contribution < 1.29 is 4.79 Å². The highest BCUT2D eigenvalue weighted by Crippen LogP contribution is 2.31. The molecule has 0 radical (unpaired) electrons. The highest BCUT2D eigenvalue weighted by molar-refractivity contribution is 5.85. The first-order valence-corrected chi connectivity index (χ1v) is 8.31. The molecule has 1 aliphatic carbocycles. The van der Waals surface area contributed by atoms with E-state index in [2.05, 4.69) is 41.4 Å². The van der Waals surface area contributed by atoms with Crippen LogP contribution in [-0.2, 0) is 4.79 Å². The average Bonchev–Trinajstić information content (AvgIpc) is 3.32. The Labute approximate surface area is 139 Å². The summed E-state index contributed by atoms with van der Waals surface area (Å²) in [6.07, 6.45) is 6.11. The predicted molar refractivity (Wildman–Crippen MR) is 92.3 cm³/mol. The van der Waals surface area contributed by atoms with Crippen molar-refractivity contribution in [1.29, 1.82) is 0 Å². The number of rotatable bonds is 5. The van der Waals surface area contributed by atoms with E-state index in [1.807, 2.05) is 0 Å². The van der Waals surface area contributed by atoms with E-state index in [4.69, 9.17) is 0 Å². The van der Waals surface area contributed by atoms with Crippen LogP contribution in [0.4, 0.5) is 0 Å². The van der Waals surface area contributed by atoms with Gasteiger partial charge < -0.3 is 10.2 Å². The standard InChI is InChI=1S/C18H26N2O.ClH/c1-14-5-9-16(10-6-14)17-4-2-3-11-20(17)18(21)13-19-12-15-7-8-15;/h5-6,9-10,15,17,19H,2-4,7-8,11-13H2,1H3;1H. The number of hydrogen-bond acceptors (Lipinski definition) is 2. The number of nitrogens with one attached hydrogen (secondary N) is 1. The summed E-state index contributed by atoms with van der Waals surface area (Å²) >= 11 is 0. The third-order valence-corrected chi connectivity index (χ3v) is 4.69. The fraction of sp³-hybridized carbons (Fsp3) is 0.611. The minimum atomic E-state index is 0. The first kappa shape index (κ1) is 17.3. The van der Waals surface area contributed by atoms with E-state index >= 15 is 0 Å². The number of likely N-dealkylation sites (tertiary alicyclic amines) is 1. The first-order valence-electron chi connectivity index (χ1n) is 8.31. The number of hydrogen-bond donors (Lipinski definition) is 1. The number of carbonyl (C=O) groups is 1. The van der Waals surface area contributed by atoms with Crippen molar-refractivity contribution in [3.8, 4) is 0 Å². The molecule has 1 saturated carbocycles. The van der Waals surface area contributed by atoms with Gasteiger partial charge in [0, 0.05) is 6.54 Å². The quantitative estimate of drug-likeness (QED) is 0.900. The molecule has 1 atom stereocenters. The summed E-state index contributed by atoms with van der Waals surface area (Å²) in [5, 5.41) is 3.33. The first-order chi connectivity index (χ1) is 10.2. The topological polar surface area (TPSA) is 32.3 Å². The van der Waals surface area contributed by atoms with Crippen molar-refractivity contribution in [3.05, 3.63) is 35.4 Å². The number of amides is 1. The third-order valence-electron chi connectivity index (χ3n) is 4.69. The van der Waals surface area contributed by atoms with E-state index in [1.54, 1.807) is 0 Å². The summed E-state index contributed by atoms with van der Waals surface area (Å²) in [7, 11) is 0. The third kappa shape index (κ3) is 4.47. The van der Waals surface area contributed by atoms with E-state index in [9.17, 15) is 4.79 Å². The normalized spacial score (nSPS) is 21.3. The van der Waals surface area contributed by atoms with Crippen LogP contribution in [0, 0.1) is 12.8 Å². The largest absolute Gasteiger partial charge is 0.335 e. The Hall–Kier alpha value is -1.06. The van der Waals surface area contributed by atoms with Crippen molar-refractivity contribution >= 4 is 18.3 Å². The maximum atomic E-state index is 12.5. The molecule has 3 nitrogen and oxygen atoms in total. The number of carbonyl (C=O) groups excluding carboxylic acids is 1. The van der Waals surface area contributed by atoms with Crippen LogP contribution < -0.4 is 5.32 Å². The molecule has 122 valence electrons. The van der Waals surface area contributed by atoms with Gasteiger partial charge in [0.25, 0.3) is 0 Å². The zero-order valence-corrected chi connectivity index (χ0v) is 14.2. The van der Waals surface area contributed by atoms with E-state index in [-0.39, 0.29) is 24.4 Å². The van der Waals surface area contributed by atoms with E-state index in [0.29, 0.717) is 6.54 Å². The Morgan fingerprint density at radius 1 is 1.18 bits per heavy atom. The molecule has 1 aliphatic heterocycles. The highest BCUT2D eigenvalue weighted by Gasteiger charge is 2.28. The summed E-state index contributed by atoms with van der Waals surface area (Å²) in [5.74, 6) is 1.09. The van der Waals surface area contributed by atoms with Gasteiger partial charge in [-0.1, -0.05) is 29.8 Å². The molecule has 22 heavy (non-hydrogen) atoms. The summed E-state index contributed by atoms with van der Waals surface area (Å²) in [6.45, 7) is 4.52. The highest BCUT2D eigenvalue weighted by atomic mass is 35.5. The lowest BCUT2D eigenvalue weighted by molar-refractivity contribution is -0.134. The van der Waals surface area contributed by atoms with Gasteiger partial charge in [-0.3, -0.25) is 4.79 Å². The van der Waals surface area contributed by atoms with Crippen LogP contribution in [0.15, 0.2) is 24.3 Å². The number of piperidine rings is 1. The van der Waals surface area contributed by atoms with Gasteiger partial charge in [0.05, 0.1) is 12.6 Å². The SMILES string of the molecule is Cc1ccc(C2CCCCN2C(=O)CNCC2CC2)cc1.Cl. The minimum absolute atomic E-state index is 0. The lowest BCUT2D eigenvalue weighted by Crippen LogP contribution is -2.43. The lowest BCUT2D eigenvalue weighted by Gasteiger charge is -2.36. The zero-order valence-electron chi connectivity index (χ0n) is 13.4. The van der Waals surface area contributed by atoms with Gasteiger partial charge >= 0.3 is 0 Å². The zero-order chi connectivity index (χ0) is 14.7. The molecule has 1 aromatic rings. The van der Waals surface area contributed by atoms with E-state index in [0.717, 1.165) is 31.8 Å². The van der Waals surface area contributed by atoms with Crippen LogP contribution in [0.25, 0.3) is 0 Å². The molecular formula is C18H27ClN2O. The summed E-state index contributed by atoms with van der Waals surface area (Å²) < 4.78 is 0. The number of halogens is 1. The van der Waals surface area contributed by atoms with Gasteiger partial charge in [-0.15, -0.1) is 12.4 Å². The maximum absolute atomic E-state index is 12.5. The second-order valence-electron chi connectivity index (χ2n) is 6.58. The smallest absolute Gasteiger partial charge is 0.237 e. The second kappa shape index (κ2) is 7.98. The van der Waals surface area contributed by atoms with Crippen molar-refractivity contribution in [3.63, 3.8) is 0 Å².